The summed E-state index contributed by atoms with van der Waals surface area (Å²) in [6.07, 6.45) is 4.35. The lowest BCUT2D eigenvalue weighted by Crippen LogP contribution is -2.46. The topological polar surface area (TPSA) is 886 Å². The van der Waals surface area contributed by atoms with Crippen molar-refractivity contribution in [3.8, 4) is 92.0 Å². The van der Waals surface area contributed by atoms with E-state index in [2.05, 4.69) is 65.2 Å². The fourth-order valence-electron chi connectivity index (χ4n) is 12.9. The third-order valence-electron chi connectivity index (χ3n) is 20.9. The van der Waals surface area contributed by atoms with Gasteiger partial charge in [0.15, 0.2) is 158 Å². The van der Waals surface area contributed by atoms with Crippen LogP contribution in [0.5, 0.6) is 92.0 Å². The summed E-state index contributed by atoms with van der Waals surface area (Å²) in [6, 6.07) is 42.9. The Kier molecular flexibility index (Phi) is 45.9. The lowest BCUT2D eigenvalue weighted by Gasteiger charge is -2.26. The number of guanidine groups is 16. The van der Waals surface area contributed by atoms with Crippen molar-refractivity contribution < 1.29 is 77.3 Å². The van der Waals surface area contributed by atoms with Gasteiger partial charge in [-0.05, 0) is 116 Å². The molecule has 41 N–H and O–H groups in total. The first-order valence-corrected chi connectivity index (χ1v) is 45.1. The number of ether oxygens (including phenoxy) is 12. The van der Waals surface area contributed by atoms with E-state index in [1.165, 1.54) is 51.1 Å². The van der Waals surface area contributed by atoms with Crippen molar-refractivity contribution in [2.75, 3.05) is 162 Å². The molecule has 802 valence electrons. The molecule has 0 spiro atoms. The Morgan fingerprint density at radius 2 is 0.691 bits per heavy atom. The monoisotopic (exact) mass is 2070 g/mol. The SMILES string of the molecule is CN(C(=N)N)C(N)=NCCc1cccc2c1OCO2.CN(C(=N)N=C(N)N)c1ccc(O)c(O)c1.CN(C)C(N)=NC(N)=NCCc1cccc2c1OCO2.CN(CCc1cccc2c1OCO2)C(=N)N(C)C(=N)N.CN=C(N)N=C(N)N(C)CCc1cccc2c1OCO2.CN=C(N)NC(N)=NCCc1cccc2c1OCO2.CN=C(N=C(N)N)N(C)CCc1cccc2c1OCO2.NC(N)=NC(N)=Nc1ccc(O)c(O)c1. The minimum absolute atomic E-state index is 0.00483. The predicted molar refractivity (Wildman–Crippen MR) is 575 cm³/mol. The molecule has 149 heavy (non-hydrogen) atoms. The van der Waals surface area contributed by atoms with E-state index in [0.29, 0.717) is 87.8 Å². The molecular formula is C93H134N40O16. The third-order valence-corrected chi connectivity index (χ3v) is 20.9. The molecule has 0 amide bonds. The van der Waals surface area contributed by atoms with Crippen LogP contribution in [0.4, 0.5) is 11.4 Å². The van der Waals surface area contributed by atoms with Crippen molar-refractivity contribution in [1.82, 2.24) is 34.7 Å². The molecule has 6 heterocycles. The van der Waals surface area contributed by atoms with Crippen LogP contribution in [0.1, 0.15) is 33.4 Å². The van der Waals surface area contributed by atoms with E-state index in [9.17, 15) is 5.11 Å². The number of phenols is 4. The minimum atomic E-state index is -0.297. The number of hydrogen-bond donors (Lipinski definition) is 25. The summed E-state index contributed by atoms with van der Waals surface area (Å²) in [7, 11) is 18.6. The Morgan fingerprint density at radius 1 is 0.329 bits per heavy atom. The molecule has 0 radical (unpaired) electrons. The number of hydrogen-bond acceptors (Lipinski definition) is 27. The largest absolute Gasteiger partial charge is 0.504 e. The van der Waals surface area contributed by atoms with Gasteiger partial charge >= 0.3 is 0 Å². The van der Waals surface area contributed by atoms with E-state index in [1.54, 1.807) is 73.2 Å². The van der Waals surface area contributed by atoms with Crippen LogP contribution in [0.25, 0.3) is 0 Å². The van der Waals surface area contributed by atoms with Gasteiger partial charge in [0.05, 0.1) is 5.69 Å². The first kappa shape index (κ1) is 116. The number of benzene rings is 8. The van der Waals surface area contributed by atoms with Gasteiger partial charge in [-0.25, -0.2) is 4.99 Å². The van der Waals surface area contributed by atoms with Gasteiger partial charge in [-0.1, -0.05) is 72.8 Å². The quantitative estimate of drug-likeness (QED) is 0.0272. The lowest BCUT2D eigenvalue weighted by atomic mass is 10.1. The molecule has 0 saturated carbocycles. The average molecular weight is 2070 g/mol. The Balaban J connectivity index is 0.000000231. The second-order valence-electron chi connectivity index (χ2n) is 31.6. The van der Waals surface area contributed by atoms with Gasteiger partial charge in [0, 0.05) is 151 Å². The molecular weight excluding hydrogens is 1930 g/mol. The minimum Gasteiger partial charge on any atom is -0.504 e. The standard InChI is InChI=1S/4C13H19N5O2.2C12H17N5O2.C9H13N5O2.C8H11N5O2/c1-18(2)13(15)17-12(14)16-7-6-9-4-3-5-10-11(9)20-8-19-10;1-16-12(14)17-13(15)18(2)7-6-9-4-3-5-10-11(9)20-8-19-10;1-17(13(16)18(2)12(14)15)7-6-9-4-3-5-10-11(9)20-8-19-10;1-16-13(17-12(14)15)18(2)7-6-9-4-3-5-10-11(9)20-8-19-10;1-15-11(13)17-12(14)16-6-5-8-3-2-4-9-10(8)19-7-18-9;1-17(11(13)14)12(15)16-6-5-8-3-2-4-9-10(8)19-7-18-9;1-14(9(12)13-8(10)11)5-2-3-6(15)7(16)4-5;9-7(10)13-8(11)12-4-1-2-5(14)6(15)3-4/h2*3-5H,6-8H2,1-2H3,(H4,14,15,16,17);3-5,16H,6-8H2,1-2H3,(H3,14,15);3-5H,6-8H2,1-2H3,(H4,14,15,16,17);2-4H,5-7H2,1H3,(H5,13,14,15,16,17);2-4H,5-7H2,1H3,(H3,13,14)(H2,15,16);2-4,15-16H,1H3,(H5,10,11,12,13);1-3,14-15H,(H6,9,10,11,12,13). The van der Waals surface area contributed by atoms with Crippen LogP contribution in [0.2, 0.25) is 0 Å². The van der Waals surface area contributed by atoms with Crippen molar-refractivity contribution in [3.05, 3.63) is 179 Å². The van der Waals surface area contributed by atoms with E-state index in [-0.39, 0.29) is 141 Å². The zero-order valence-electron chi connectivity index (χ0n) is 84.5. The molecule has 0 fully saturated rings. The Hall–Kier alpha value is -19.5. The van der Waals surface area contributed by atoms with E-state index in [4.69, 9.17) is 186 Å². The van der Waals surface area contributed by atoms with Crippen LogP contribution >= 0.6 is 0 Å². The highest BCUT2D eigenvalue weighted by atomic mass is 16.7. The number of anilines is 1. The maximum absolute atomic E-state index is 9.28. The number of aliphatic imine (C=N–C) groups is 12. The van der Waals surface area contributed by atoms with E-state index < -0.39 is 0 Å². The van der Waals surface area contributed by atoms with Crippen molar-refractivity contribution in [2.45, 2.75) is 38.5 Å². The molecule has 0 saturated heterocycles. The number of phenolic OH excluding ortho intramolecular Hbond substituents is 4. The molecule has 8 aromatic rings. The highest BCUT2D eigenvalue weighted by molar-refractivity contribution is 6.02. The Morgan fingerprint density at radius 3 is 1.05 bits per heavy atom. The van der Waals surface area contributed by atoms with Crippen LogP contribution < -0.4 is 159 Å². The number of nitrogens with zero attached hydrogens (tertiary/aromatic N) is 19. The number of para-hydroxylation sites is 6. The van der Waals surface area contributed by atoms with Gasteiger partial charge in [-0.3, -0.25) is 66.7 Å². The number of nitrogens with two attached hydrogens (primary N) is 16. The number of nitrogens with one attached hydrogen (secondary N) is 5. The highest BCUT2D eigenvalue weighted by Gasteiger charge is 2.25. The molecule has 0 aliphatic carbocycles. The number of fused-ring (bicyclic) bond motifs is 6. The predicted octanol–water partition coefficient (Wildman–Crippen LogP) is 0.0600. The van der Waals surface area contributed by atoms with Crippen LogP contribution in [0.15, 0.2) is 206 Å². The molecule has 14 rings (SSSR count). The molecule has 0 atom stereocenters. The number of rotatable bonds is 20. The Labute approximate surface area is 860 Å². The molecule has 0 unspecified atom stereocenters. The summed E-state index contributed by atoms with van der Waals surface area (Å²) in [5.74, 6) is 9.68. The zero-order chi connectivity index (χ0) is 110. The van der Waals surface area contributed by atoms with Crippen molar-refractivity contribution in [2.24, 2.45) is 152 Å². The van der Waals surface area contributed by atoms with Crippen molar-refractivity contribution in [1.29, 1.82) is 21.6 Å². The third kappa shape index (κ3) is 37.7. The van der Waals surface area contributed by atoms with Gasteiger partial charge in [-0.2, -0.15) is 25.0 Å². The van der Waals surface area contributed by atoms with Crippen LogP contribution in [0.3, 0.4) is 0 Å². The van der Waals surface area contributed by atoms with Gasteiger partial charge in [0.25, 0.3) is 0 Å². The number of likely N-dealkylation sites (N-methyl/N-ethyl adjacent to an activating group) is 3. The first-order valence-electron chi connectivity index (χ1n) is 45.1. The first-order chi connectivity index (χ1) is 71.0. The van der Waals surface area contributed by atoms with Crippen LogP contribution in [0, 0.1) is 21.6 Å². The highest BCUT2D eigenvalue weighted by Crippen LogP contribution is 2.41. The van der Waals surface area contributed by atoms with Crippen LogP contribution in [-0.2, 0) is 38.5 Å². The van der Waals surface area contributed by atoms with E-state index in [1.807, 2.05) is 133 Å². The van der Waals surface area contributed by atoms with Gasteiger partial charge in [0.2, 0.25) is 70.6 Å². The summed E-state index contributed by atoms with van der Waals surface area (Å²) < 4.78 is 64.6. The fraction of sp³-hybridized carbons (Fsp3) is 0.312. The summed E-state index contributed by atoms with van der Waals surface area (Å²) in [6.45, 7) is 5.13. The van der Waals surface area contributed by atoms with Crippen molar-refractivity contribution >= 4 is 107 Å². The molecule has 56 nitrogen and oxygen atoms in total. The lowest BCUT2D eigenvalue weighted by molar-refractivity contribution is 0.173. The summed E-state index contributed by atoms with van der Waals surface area (Å²) >= 11 is 0. The molecule has 56 heteroatoms. The maximum atomic E-state index is 9.28. The molecule has 0 aromatic heterocycles. The van der Waals surface area contributed by atoms with E-state index in [0.717, 1.165) is 122 Å². The Bertz CT molecular complexity index is 6260. The van der Waals surface area contributed by atoms with E-state index >= 15 is 0 Å². The van der Waals surface area contributed by atoms with Gasteiger partial charge in [0.1, 0.15) is 0 Å². The molecule has 6 aliphatic heterocycles. The molecule has 6 aliphatic rings. The molecule has 0 bridgehead atoms. The fourth-order valence-corrected chi connectivity index (χ4v) is 12.9. The summed E-state index contributed by atoms with van der Waals surface area (Å²) in [5.41, 5.74) is 93.8. The summed E-state index contributed by atoms with van der Waals surface area (Å²) in [5, 5.41) is 69.2. The second-order valence-corrected chi connectivity index (χ2v) is 31.6. The zero-order valence-corrected chi connectivity index (χ0v) is 84.5. The normalized spacial score (nSPS) is 13.0. The summed E-state index contributed by atoms with van der Waals surface area (Å²) in [4.78, 5) is 57.8. The second kappa shape index (κ2) is 58.8. The molecule has 8 aromatic carbocycles. The smallest absolute Gasteiger partial charge is 0.231 e. The number of aromatic hydroxyl groups is 4. The maximum Gasteiger partial charge on any atom is 0.231 e. The van der Waals surface area contributed by atoms with Gasteiger partial charge < -0.3 is 194 Å². The van der Waals surface area contributed by atoms with Crippen molar-refractivity contribution in [3.63, 3.8) is 0 Å². The van der Waals surface area contributed by atoms with Crippen LogP contribution in [-0.4, -0.2) is 303 Å². The van der Waals surface area contributed by atoms with Gasteiger partial charge in [-0.15, -0.1) is 0 Å². The average Bonchev–Trinajstić information content (AvgIpc) is 1.83.